The average molecular weight is 266 g/mol. The molecule has 1 heterocycles. The molecule has 0 radical (unpaired) electrons. The van der Waals surface area contributed by atoms with Crippen LogP contribution >= 0.6 is 0 Å². The number of halogens is 1. The van der Waals surface area contributed by atoms with E-state index in [0.717, 1.165) is 38.1 Å². The number of ether oxygens (including phenoxy) is 1. The van der Waals surface area contributed by atoms with Crippen molar-refractivity contribution in [2.24, 2.45) is 5.73 Å². The average Bonchev–Trinajstić information content (AvgIpc) is 2.89. The van der Waals surface area contributed by atoms with Crippen molar-refractivity contribution in [1.29, 1.82) is 0 Å². The third kappa shape index (κ3) is 3.45. The summed E-state index contributed by atoms with van der Waals surface area (Å²) in [6.45, 7) is 6.25. The Hall–Kier alpha value is -1.13. The van der Waals surface area contributed by atoms with Gasteiger partial charge >= 0.3 is 0 Å². The van der Waals surface area contributed by atoms with E-state index in [1.807, 2.05) is 30.9 Å². The Morgan fingerprint density at radius 2 is 2.32 bits per heavy atom. The molecule has 2 atom stereocenters. The summed E-state index contributed by atoms with van der Waals surface area (Å²) in [5.41, 5.74) is 7.24. The van der Waals surface area contributed by atoms with E-state index in [2.05, 4.69) is 0 Å². The Labute approximate surface area is 114 Å². The monoisotopic (exact) mass is 266 g/mol. The van der Waals surface area contributed by atoms with Crippen LogP contribution in [0, 0.1) is 5.82 Å². The highest BCUT2D eigenvalue weighted by Gasteiger charge is 2.20. The molecule has 3 nitrogen and oxygen atoms in total. The van der Waals surface area contributed by atoms with Gasteiger partial charge in [-0.1, -0.05) is 6.07 Å². The van der Waals surface area contributed by atoms with Crippen molar-refractivity contribution >= 4 is 5.69 Å². The first-order valence-corrected chi connectivity index (χ1v) is 7.03. The zero-order chi connectivity index (χ0) is 13.8. The fourth-order valence-electron chi connectivity index (χ4n) is 2.49. The van der Waals surface area contributed by atoms with Crippen LogP contribution in [0.1, 0.15) is 38.3 Å². The summed E-state index contributed by atoms with van der Waals surface area (Å²) in [5, 5.41) is 0. The van der Waals surface area contributed by atoms with Crippen molar-refractivity contribution in [2.45, 2.75) is 38.8 Å². The molecule has 1 saturated heterocycles. The highest BCUT2D eigenvalue weighted by Crippen LogP contribution is 2.24. The first-order chi connectivity index (χ1) is 9.11. The van der Waals surface area contributed by atoms with Gasteiger partial charge in [-0.15, -0.1) is 0 Å². The molecular formula is C15H23FN2O. The maximum absolute atomic E-state index is 14.2. The van der Waals surface area contributed by atoms with Gasteiger partial charge in [-0.2, -0.15) is 0 Å². The van der Waals surface area contributed by atoms with Gasteiger partial charge in [0, 0.05) is 25.7 Å². The van der Waals surface area contributed by atoms with Crippen LogP contribution < -0.4 is 10.6 Å². The molecular weight excluding hydrogens is 243 g/mol. The lowest BCUT2D eigenvalue weighted by molar-refractivity contribution is 0.115. The van der Waals surface area contributed by atoms with Crippen molar-refractivity contribution in [2.75, 3.05) is 24.6 Å². The molecule has 1 aromatic carbocycles. The molecule has 0 amide bonds. The van der Waals surface area contributed by atoms with Crippen LogP contribution in [0.2, 0.25) is 0 Å². The van der Waals surface area contributed by atoms with E-state index in [1.165, 1.54) is 6.07 Å². The second kappa shape index (κ2) is 6.35. The highest BCUT2D eigenvalue weighted by atomic mass is 19.1. The predicted molar refractivity (Wildman–Crippen MR) is 75.9 cm³/mol. The number of hydrogen-bond acceptors (Lipinski definition) is 3. The summed E-state index contributed by atoms with van der Waals surface area (Å²) in [4.78, 5) is 2.04. The summed E-state index contributed by atoms with van der Waals surface area (Å²) in [7, 11) is 0. The van der Waals surface area contributed by atoms with Gasteiger partial charge in [0.1, 0.15) is 5.82 Å². The number of hydrogen-bond donors (Lipinski definition) is 1. The lowest BCUT2D eigenvalue weighted by Crippen LogP contribution is -2.32. The maximum Gasteiger partial charge on any atom is 0.146 e. The van der Waals surface area contributed by atoms with Crippen LogP contribution in [0.5, 0.6) is 0 Å². The van der Waals surface area contributed by atoms with Crippen LogP contribution in [0.3, 0.4) is 0 Å². The van der Waals surface area contributed by atoms with Crippen LogP contribution in [0.15, 0.2) is 18.2 Å². The molecule has 2 N–H and O–H groups in total. The third-order valence-corrected chi connectivity index (χ3v) is 3.67. The molecule has 0 spiro atoms. The zero-order valence-corrected chi connectivity index (χ0v) is 11.7. The maximum atomic E-state index is 14.2. The molecule has 0 bridgehead atoms. The largest absolute Gasteiger partial charge is 0.376 e. The van der Waals surface area contributed by atoms with Gasteiger partial charge < -0.3 is 15.4 Å². The molecule has 1 aliphatic rings. The van der Waals surface area contributed by atoms with Gasteiger partial charge in [-0.05, 0) is 44.4 Å². The number of nitrogens with zero attached hydrogens (tertiary/aromatic N) is 1. The Kier molecular flexibility index (Phi) is 4.77. The standard InChI is InChI=1S/C15H23FN2O/c1-3-18(10-13-5-4-8-19-13)15-7-6-12(11(2)17)9-14(15)16/h6-7,9,11,13H,3-5,8,10,17H2,1-2H3. The number of anilines is 1. The Morgan fingerprint density at radius 3 is 2.84 bits per heavy atom. The zero-order valence-electron chi connectivity index (χ0n) is 11.7. The van der Waals surface area contributed by atoms with Crippen molar-refractivity contribution in [3.63, 3.8) is 0 Å². The Morgan fingerprint density at radius 1 is 1.53 bits per heavy atom. The molecule has 0 aromatic heterocycles. The lowest BCUT2D eigenvalue weighted by Gasteiger charge is -2.26. The minimum atomic E-state index is -0.199. The topological polar surface area (TPSA) is 38.5 Å². The SMILES string of the molecule is CCN(CC1CCCO1)c1ccc(C(C)N)cc1F. The molecule has 106 valence electrons. The minimum Gasteiger partial charge on any atom is -0.376 e. The van der Waals surface area contributed by atoms with Gasteiger partial charge in [0.2, 0.25) is 0 Å². The third-order valence-electron chi connectivity index (χ3n) is 3.67. The van der Waals surface area contributed by atoms with Gasteiger partial charge in [-0.3, -0.25) is 0 Å². The van der Waals surface area contributed by atoms with E-state index in [1.54, 1.807) is 0 Å². The molecule has 0 aliphatic carbocycles. The summed E-state index contributed by atoms with van der Waals surface area (Å²) < 4.78 is 19.8. The van der Waals surface area contributed by atoms with E-state index in [-0.39, 0.29) is 18.0 Å². The van der Waals surface area contributed by atoms with Crippen molar-refractivity contribution in [3.05, 3.63) is 29.6 Å². The first-order valence-electron chi connectivity index (χ1n) is 7.03. The number of benzene rings is 1. The minimum absolute atomic E-state index is 0.142. The second-order valence-electron chi connectivity index (χ2n) is 5.17. The molecule has 2 rings (SSSR count). The molecule has 1 fully saturated rings. The molecule has 1 aromatic rings. The van der Waals surface area contributed by atoms with Gasteiger partial charge in [0.05, 0.1) is 11.8 Å². The number of nitrogens with two attached hydrogens (primary N) is 1. The highest BCUT2D eigenvalue weighted by molar-refractivity contribution is 5.49. The summed E-state index contributed by atoms with van der Waals surface area (Å²) in [5.74, 6) is -0.199. The Balaban J connectivity index is 2.13. The molecule has 19 heavy (non-hydrogen) atoms. The summed E-state index contributed by atoms with van der Waals surface area (Å²) in [6, 6.07) is 5.13. The van der Waals surface area contributed by atoms with E-state index in [9.17, 15) is 4.39 Å². The molecule has 0 saturated carbocycles. The van der Waals surface area contributed by atoms with Crippen LogP contribution in [0.25, 0.3) is 0 Å². The van der Waals surface area contributed by atoms with E-state index in [0.29, 0.717) is 5.69 Å². The smallest absolute Gasteiger partial charge is 0.146 e. The molecule has 4 heteroatoms. The van der Waals surface area contributed by atoms with E-state index in [4.69, 9.17) is 10.5 Å². The van der Waals surface area contributed by atoms with Crippen LogP contribution in [-0.4, -0.2) is 25.8 Å². The fourth-order valence-corrected chi connectivity index (χ4v) is 2.49. The van der Waals surface area contributed by atoms with Gasteiger partial charge in [-0.25, -0.2) is 4.39 Å². The Bertz CT molecular complexity index is 417. The lowest BCUT2D eigenvalue weighted by atomic mass is 10.1. The quantitative estimate of drug-likeness (QED) is 0.890. The number of likely N-dealkylation sites (N-methyl/N-ethyl adjacent to an activating group) is 1. The van der Waals surface area contributed by atoms with E-state index < -0.39 is 0 Å². The van der Waals surface area contributed by atoms with Crippen molar-refractivity contribution < 1.29 is 9.13 Å². The molecule has 2 unspecified atom stereocenters. The summed E-state index contributed by atoms with van der Waals surface area (Å²) in [6.07, 6.45) is 2.40. The van der Waals surface area contributed by atoms with Crippen LogP contribution in [-0.2, 0) is 4.74 Å². The fraction of sp³-hybridized carbons (Fsp3) is 0.600. The normalized spacial score (nSPS) is 20.5. The number of rotatable bonds is 5. The molecule has 1 aliphatic heterocycles. The van der Waals surface area contributed by atoms with Gasteiger partial charge in [0.25, 0.3) is 0 Å². The van der Waals surface area contributed by atoms with Gasteiger partial charge in [0.15, 0.2) is 0 Å². The summed E-state index contributed by atoms with van der Waals surface area (Å²) >= 11 is 0. The van der Waals surface area contributed by atoms with Crippen molar-refractivity contribution in [1.82, 2.24) is 0 Å². The van der Waals surface area contributed by atoms with E-state index >= 15 is 0 Å². The predicted octanol–water partition coefficient (Wildman–Crippen LogP) is 2.85. The van der Waals surface area contributed by atoms with Crippen LogP contribution in [0.4, 0.5) is 10.1 Å². The van der Waals surface area contributed by atoms with Crippen molar-refractivity contribution in [3.8, 4) is 0 Å². The second-order valence-corrected chi connectivity index (χ2v) is 5.17. The first kappa shape index (κ1) is 14.3.